The molecule has 2 aromatic carbocycles. The number of benzene rings is 2. The minimum Gasteiger partial charge on any atom is -0.492 e. The third-order valence-corrected chi connectivity index (χ3v) is 11.3. The topological polar surface area (TPSA) is 154 Å². The van der Waals surface area contributed by atoms with Crippen molar-refractivity contribution in [2.75, 3.05) is 19.7 Å². The first-order valence-corrected chi connectivity index (χ1v) is 21.3. The molecule has 1 saturated carbocycles. The number of rotatable bonds is 18. The largest absolute Gasteiger partial charge is 0.492 e. The van der Waals surface area contributed by atoms with Crippen molar-refractivity contribution in [3.8, 4) is 34.1 Å². The lowest BCUT2D eigenvalue weighted by molar-refractivity contribution is 0.0941. The number of carbonyl (C=O) groups excluding carboxylic acids is 2. The Kier molecular flexibility index (Phi) is 13.9. The van der Waals surface area contributed by atoms with Crippen LogP contribution in [0.1, 0.15) is 76.8 Å². The fourth-order valence-electron chi connectivity index (χ4n) is 6.70. The van der Waals surface area contributed by atoms with Gasteiger partial charge in [-0.25, -0.2) is 18.7 Å². The summed E-state index contributed by atoms with van der Waals surface area (Å²) in [5.74, 6) is 0.936. The number of aryl methyl sites for hydroxylation is 2. The third-order valence-electron chi connectivity index (χ3n) is 9.61. The highest BCUT2D eigenvalue weighted by Crippen LogP contribution is 2.48. The molecule has 0 aliphatic heterocycles. The Morgan fingerprint density at radius 3 is 2.02 bits per heavy atom. The van der Waals surface area contributed by atoms with Gasteiger partial charge in [0.05, 0.1) is 32.2 Å². The monoisotopic (exact) mass is 1030 g/mol. The van der Waals surface area contributed by atoms with Gasteiger partial charge in [0.1, 0.15) is 23.1 Å². The molecule has 0 spiro atoms. The molecule has 2 amide bonds. The molecule has 1 aliphatic carbocycles. The number of hydrogen-bond acceptors (Lipinski definition) is 10. The van der Waals surface area contributed by atoms with E-state index in [2.05, 4.69) is 75.8 Å². The van der Waals surface area contributed by atoms with Crippen molar-refractivity contribution in [1.29, 1.82) is 0 Å². The summed E-state index contributed by atoms with van der Waals surface area (Å²) in [4.78, 5) is 42.7. The molecule has 7 rings (SSSR count). The van der Waals surface area contributed by atoms with Gasteiger partial charge in [0.25, 0.3) is 11.8 Å². The third kappa shape index (κ3) is 10.8. The molecule has 0 bridgehead atoms. The molecule has 2 unspecified atom stereocenters. The molecule has 4 aromatic heterocycles. The maximum atomic E-state index is 14.4. The van der Waals surface area contributed by atoms with Crippen molar-refractivity contribution >= 4 is 57.0 Å². The number of oxazole rings is 2. The summed E-state index contributed by atoms with van der Waals surface area (Å²) in [6, 6.07) is 14.1. The van der Waals surface area contributed by atoms with Gasteiger partial charge in [0.2, 0.25) is 0 Å². The second-order valence-corrected chi connectivity index (χ2v) is 16.7. The van der Waals surface area contributed by atoms with Gasteiger partial charge in [0, 0.05) is 47.9 Å². The van der Waals surface area contributed by atoms with Gasteiger partial charge >= 0.3 is 0 Å². The van der Waals surface area contributed by atoms with E-state index in [0.717, 1.165) is 42.3 Å². The van der Waals surface area contributed by atoms with Crippen molar-refractivity contribution in [3.63, 3.8) is 0 Å². The molecular weight excluding hydrogens is 988 g/mol. The Hall–Kier alpha value is -4.98. The summed E-state index contributed by atoms with van der Waals surface area (Å²) >= 11 is 4.38. The van der Waals surface area contributed by atoms with E-state index in [1.165, 1.54) is 31.1 Å². The molecule has 2 atom stereocenters. The Labute approximate surface area is 366 Å². The van der Waals surface area contributed by atoms with E-state index in [1.54, 1.807) is 6.20 Å². The quantitative estimate of drug-likeness (QED) is 0.0630. The van der Waals surface area contributed by atoms with Crippen molar-refractivity contribution in [3.05, 3.63) is 127 Å². The van der Waals surface area contributed by atoms with Crippen LogP contribution in [0.15, 0.2) is 88.7 Å². The smallest absolute Gasteiger partial charge is 0.273 e. The summed E-state index contributed by atoms with van der Waals surface area (Å²) in [6.45, 7) is 5.09. The van der Waals surface area contributed by atoms with Crippen molar-refractivity contribution in [1.82, 2.24) is 30.6 Å². The van der Waals surface area contributed by atoms with Crippen molar-refractivity contribution in [2.24, 2.45) is 5.92 Å². The second kappa shape index (κ2) is 19.4. The van der Waals surface area contributed by atoms with Crippen LogP contribution in [0.3, 0.4) is 0 Å². The molecule has 6 aromatic rings. The summed E-state index contributed by atoms with van der Waals surface area (Å²) in [5.41, 5.74) is 4.15. The van der Waals surface area contributed by atoms with Gasteiger partial charge in [-0.2, -0.15) is 0 Å². The molecule has 1 aliphatic rings. The highest BCUT2D eigenvalue weighted by atomic mass is 127. The van der Waals surface area contributed by atoms with Gasteiger partial charge < -0.3 is 28.9 Å². The van der Waals surface area contributed by atoms with Gasteiger partial charge in [0.15, 0.2) is 35.7 Å². The van der Waals surface area contributed by atoms with Crippen LogP contribution < -0.4 is 20.1 Å². The van der Waals surface area contributed by atoms with Crippen molar-refractivity contribution in [2.45, 2.75) is 58.0 Å². The van der Waals surface area contributed by atoms with E-state index >= 15 is 0 Å². The number of aromatic nitrogens is 4. The molecule has 12 nitrogen and oxygen atoms in total. The van der Waals surface area contributed by atoms with Crippen LogP contribution >= 0.6 is 45.2 Å². The molecular formula is C43H40F2I2N6O6. The summed E-state index contributed by atoms with van der Waals surface area (Å²) < 4.78 is 52.8. The van der Waals surface area contributed by atoms with E-state index in [0.29, 0.717) is 73.8 Å². The van der Waals surface area contributed by atoms with E-state index < -0.39 is 11.6 Å². The molecule has 306 valence electrons. The number of pyridine rings is 2. The maximum absolute atomic E-state index is 14.4. The Morgan fingerprint density at radius 2 is 1.41 bits per heavy atom. The van der Waals surface area contributed by atoms with E-state index in [-0.39, 0.29) is 41.1 Å². The minimum absolute atomic E-state index is 0.0312. The van der Waals surface area contributed by atoms with Gasteiger partial charge in [-0.3, -0.25) is 19.6 Å². The zero-order valence-corrected chi connectivity index (χ0v) is 36.5. The Bertz CT molecular complexity index is 2440. The molecule has 16 heteroatoms. The van der Waals surface area contributed by atoms with Gasteiger partial charge in [-0.1, -0.05) is 0 Å². The highest BCUT2D eigenvalue weighted by molar-refractivity contribution is 14.1. The normalized spacial score (nSPS) is 14.6. The molecule has 59 heavy (non-hydrogen) atoms. The standard InChI is InChI=1S/C43H40F2I2N6O6/c1-24(2)59-36-10-8-28(17-34(36)47)41-39(53-23-58-41)43(55)50-12-4-6-26-14-31(45)20-51-37(26)32-15-29(32)21-56-35-9-7-27(16-33(35)46)40-38(52-22-57-40)42(54)49-11-3-5-25-13-30(44)19-48-18-25/h7-10,13-14,16-20,22-24,29,32H,3-6,11-12,15,21H2,1-2H3,(H,49,54)(H,50,55). The average Bonchev–Trinajstić information content (AvgIpc) is 3.54. The Balaban J connectivity index is 0.888. The maximum Gasteiger partial charge on any atom is 0.273 e. The minimum atomic E-state index is -0.409. The van der Waals surface area contributed by atoms with E-state index in [1.807, 2.05) is 50.2 Å². The number of nitrogens with one attached hydrogen (secondary N) is 2. The van der Waals surface area contributed by atoms with Crippen LogP contribution in [0.2, 0.25) is 0 Å². The zero-order valence-electron chi connectivity index (χ0n) is 32.1. The predicted octanol–water partition coefficient (Wildman–Crippen LogP) is 8.97. The zero-order chi connectivity index (χ0) is 41.5. The van der Waals surface area contributed by atoms with Crippen LogP contribution in [0.4, 0.5) is 8.78 Å². The lowest BCUT2D eigenvalue weighted by Crippen LogP contribution is -2.25. The van der Waals surface area contributed by atoms with Crippen LogP contribution in [0.25, 0.3) is 22.6 Å². The molecule has 1 fully saturated rings. The lowest BCUT2D eigenvalue weighted by atomic mass is 10.0. The molecule has 4 heterocycles. The predicted molar refractivity (Wildman–Crippen MR) is 231 cm³/mol. The van der Waals surface area contributed by atoms with Crippen LogP contribution in [0.5, 0.6) is 11.5 Å². The van der Waals surface area contributed by atoms with Gasteiger partial charge in [-0.05, 0) is 151 Å². The first-order valence-electron chi connectivity index (χ1n) is 19.1. The molecule has 2 N–H and O–H groups in total. The number of halogens is 4. The summed E-state index contributed by atoms with van der Waals surface area (Å²) in [6.07, 6.45) is 9.65. The van der Waals surface area contributed by atoms with Crippen molar-refractivity contribution < 1.29 is 36.7 Å². The average molecular weight is 1030 g/mol. The number of hydrogen-bond donors (Lipinski definition) is 2. The fraction of sp³-hybridized carbons (Fsp3) is 0.302. The van der Waals surface area contributed by atoms with Crippen LogP contribution in [-0.4, -0.2) is 57.6 Å². The second-order valence-electron chi connectivity index (χ2n) is 14.4. The SMILES string of the molecule is CC(C)Oc1ccc(-c2ocnc2C(=O)NCCCc2cc(F)cnc2C2CC2COc2ccc(-c3ocnc3C(=O)NCCCc3cncc(F)c3)cc2I)cc1I. The van der Waals surface area contributed by atoms with E-state index in [4.69, 9.17) is 18.3 Å². The number of ether oxygens (including phenoxy) is 2. The Morgan fingerprint density at radius 1 is 0.797 bits per heavy atom. The first-order chi connectivity index (χ1) is 28.5. The number of carbonyl (C=O) groups is 2. The molecule has 0 saturated heterocycles. The van der Waals surface area contributed by atoms with Crippen LogP contribution in [-0.2, 0) is 12.8 Å². The lowest BCUT2D eigenvalue weighted by Gasteiger charge is -2.12. The van der Waals surface area contributed by atoms with E-state index in [9.17, 15) is 18.4 Å². The summed E-state index contributed by atoms with van der Waals surface area (Å²) in [5, 5.41) is 5.78. The fourth-order valence-corrected chi connectivity index (χ4v) is 8.01. The highest BCUT2D eigenvalue weighted by Gasteiger charge is 2.41. The molecule has 0 radical (unpaired) electrons. The summed E-state index contributed by atoms with van der Waals surface area (Å²) in [7, 11) is 0. The number of nitrogens with zero attached hydrogens (tertiary/aromatic N) is 4. The number of amides is 2. The van der Waals surface area contributed by atoms with Gasteiger partial charge in [-0.15, -0.1) is 0 Å². The first kappa shape index (κ1) is 42.2. The van der Waals surface area contributed by atoms with Crippen LogP contribution in [0, 0.1) is 24.7 Å².